The van der Waals surface area contributed by atoms with Crippen LogP contribution in [-0.4, -0.2) is 43.1 Å². The molecule has 0 bridgehead atoms. The molecular weight excluding hydrogens is 492 g/mol. The maximum absolute atomic E-state index is 12.6. The molecule has 34 heavy (non-hydrogen) atoms. The van der Waals surface area contributed by atoms with Gasteiger partial charge in [0.05, 0.1) is 25.1 Å². The molecule has 1 N–H and O–H groups in total. The van der Waals surface area contributed by atoms with Crippen molar-refractivity contribution in [3.63, 3.8) is 0 Å². The summed E-state index contributed by atoms with van der Waals surface area (Å²) in [5.74, 6) is 1.86. The highest BCUT2D eigenvalue weighted by Crippen LogP contribution is 2.27. The topological polar surface area (TPSA) is 101 Å². The number of carbonyl (C=O) groups excluding carboxylic acids is 1. The molecule has 0 aliphatic rings. The molecule has 1 heterocycles. The third-order valence-electron chi connectivity index (χ3n) is 4.55. The summed E-state index contributed by atoms with van der Waals surface area (Å²) in [7, 11) is -3.52. The van der Waals surface area contributed by atoms with Gasteiger partial charge < -0.3 is 4.74 Å². The number of carbonyl (C=O) groups is 1. The van der Waals surface area contributed by atoms with Gasteiger partial charge in [0.25, 0.3) is 5.91 Å². The lowest BCUT2D eigenvalue weighted by Gasteiger charge is -2.23. The minimum Gasteiger partial charge on any atom is -0.494 e. The van der Waals surface area contributed by atoms with Crippen LogP contribution in [0.3, 0.4) is 0 Å². The van der Waals surface area contributed by atoms with E-state index in [0.717, 1.165) is 15.7 Å². The zero-order valence-electron chi connectivity index (χ0n) is 19.5. The van der Waals surface area contributed by atoms with E-state index < -0.39 is 10.0 Å². The Morgan fingerprint density at radius 2 is 1.79 bits per heavy atom. The second-order valence-corrected chi connectivity index (χ2v) is 12.1. The molecule has 182 valence electrons. The summed E-state index contributed by atoms with van der Waals surface area (Å²) >= 11 is 2.96. The summed E-state index contributed by atoms with van der Waals surface area (Å²) in [4.78, 5) is 12.6. The van der Waals surface area contributed by atoms with Crippen molar-refractivity contribution in [3.05, 3.63) is 59.7 Å². The largest absolute Gasteiger partial charge is 0.494 e. The Morgan fingerprint density at radius 3 is 2.38 bits per heavy atom. The molecule has 2 aromatic carbocycles. The molecule has 0 saturated carbocycles. The van der Waals surface area contributed by atoms with Gasteiger partial charge in [0.1, 0.15) is 5.75 Å². The van der Waals surface area contributed by atoms with E-state index in [0.29, 0.717) is 34.7 Å². The van der Waals surface area contributed by atoms with Crippen LogP contribution in [0.1, 0.15) is 36.7 Å². The zero-order chi connectivity index (χ0) is 24.7. The lowest BCUT2D eigenvalue weighted by molar-refractivity contribution is 0.102. The minimum atomic E-state index is -3.52. The minimum absolute atomic E-state index is 0.140. The second kappa shape index (κ2) is 11.7. The lowest BCUT2D eigenvalue weighted by atomic mass is 10.1. The van der Waals surface area contributed by atoms with E-state index in [1.807, 2.05) is 6.92 Å². The molecule has 8 nitrogen and oxygen atoms in total. The van der Waals surface area contributed by atoms with E-state index in [2.05, 4.69) is 29.4 Å². The van der Waals surface area contributed by atoms with Crippen LogP contribution in [0.5, 0.6) is 5.75 Å². The molecule has 0 fully saturated rings. The standard InChI is InChI=1S/C23H28N4O4S3/c1-5-31-20-12-10-19(11-13-20)27(34(4,29)30)14-17-6-8-18(9-7-17)21(28)24-22-25-26-23(33-22)32-15-16(2)3/h6-13,16H,5,14-15H2,1-4H3,(H,24,25,28). The van der Waals surface area contributed by atoms with Crippen LogP contribution in [0.15, 0.2) is 52.9 Å². The summed E-state index contributed by atoms with van der Waals surface area (Å²) in [6.07, 6.45) is 1.17. The summed E-state index contributed by atoms with van der Waals surface area (Å²) in [6, 6.07) is 13.7. The number of aromatic nitrogens is 2. The van der Waals surface area contributed by atoms with Crippen molar-refractivity contribution in [1.82, 2.24) is 10.2 Å². The molecule has 0 atom stereocenters. The van der Waals surface area contributed by atoms with Crippen LogP contribution < -0.4 is 14.4 Å². The molecular formula is C23H28N4O4S3. The predicted octanol–water partition coefficient (Wildman–Crippen LogP) is 4.90. The van der Waals surface area contributed by atoms with E-state index in [1.54, 1.807) is 60.3 Å². The summed E-state index contributed by atoms with van der Waals surface area (Å²) in [5.41, 5.74) is 1.73. The van der Waals surface area contributed by atoms with Crippen LogP contribution >= 0.6 is 23.1 Å². The van der Waals surface area contributed by atoms with E-state index in [1.165, 1.54) is 21.9 Å². The van der Waals surface area contributed by atoms with Gasteiger partial charge in [0, 0.05) is 11.3 Å². The van der Waals surface area contributed by atoms with E-state index in [-0.39, 0.29) is 12.5 Å². The van der Waals surface area contributed by atoms with Crippen LogP contribution in [0.2, 0.25) is 0 Å². The van der Waals surface area contributed by atoms with E-state index >= 15 is 0 Å². The Morgan fingerprint density at radius 1 is 1.12 bits per heavy atom. The van der Waals surface area contributed by atoms with Crippen molar-refractivity contribution < 1.29 is 17.9 Å². The number of rotatable bonds is 11. The molecule has 0 radical (unpaired) electrons. The first-order chi connectivity index (χ1) is 16.2. The Hall–Kier alpha value is -2.63. The average molecular weight is 521 g/mol. The fourth-order valence-corrected chi connectivity index (χ4v) is 5.54. The third kappa shape index (κ3) is 7.44. The van der Waals surface area contributed by atoms with Crippen LogP contribution in [-0.2, 0) is 16.6 Å². The number of anilines is 2. The number of hydrogen-bond donors (Lipinski definition) is 1. The van der Waals surface area contributed by atoms with Gasteiger partial charge in [-0.25, -0.2) is 8.42 Å². The highest BCUT2D eigenvalue weighted by molar-refractivity contribution is 8.01. The smallest absolute Gasteiger partial charge is 0.257 e. The predicted molar refractivity (Wildman–Crippen MR) is 139 cm³/mol. The lowest BCUT2D eigenvalue weighted by Crippen LogP contribution is -2.29. The Bertz CT molecular complexity index is 1190. The van der Waals surface area contributed by atoms with Crippen molar-refractivity contribution in [3.8, 4) is 5.75 Å². The van der Waals surface area contributed by atoms with E-state index in [9.17, 15) is 13.2 Å². The molecule has 0 aliphatic carbocycles. The fourth-order valence-electron chi connectivity index (χ4n) is 2.93. The fraction of sp³-hybridized carbons (Fsp3) is 0.348. The number of benzene rings is 2. The van der Waals surface area contributed by atoms with Crippen LogP contribution in [0.25, 0.3) is 0 Å². The number of thioether (sulfide) groups is 1. The van der Waals surface area contributed by atoms with Crippen molar-refractivity contribution >= 4 is 49.8 Å². The summed E-state index contributed by atoms with van der Waals surface area (Å²) < 4.78 is 32.4. The SMILES string of the molecule is CCOc1ccc(N(Cc2ccc(C(=O)Nc3nnc(SCC(C)C)s3)cc2)S(C)(=O)=O)cc1. The second-order valence-electron chi connectivity index (χ2n) is 7.93. The monoisotopic (exact) mass is 520 g/mol. The Balaban J connectivity index is 1.66. The highest BCUT2D eigenvalue weighted by atomic mass is 32.2. The molecule has 0 aliphatic heterocycles. The van der Waals surface area contributed by atoms with Gasteiger partial charge in [-0.05, 0) is 54.8 Å². The number of hydrogen-bond acceptors (Lipinski definition) is 8. The molecule has 3 rings (SSSR count). The third-order valence-corrected chi connectivity index (χ3v) is 8.08. The summed E-state index contributed by atoms with van der Waals surface area (Å²) in [5, 5.41) is 11.3. The maximum atomic E-state index is 12.6. The van der Waals surface area contributed by atoms with Crippen LogP contribution in [0.4, 0.5) is 10.8 Å². The first-order valence-corrected chi connectivity index (χ1v) is 14.4. The van der Waals surface area contributed by atoms with Gasteiger partial charge in [0.2, 0.25) is 15.2 Å². The van der Waals surface area contributed by atoms with Crippen molar-refractivity contribution in [1.29, 1.82) is 0 Å². The summed E-state index contributed by atoms with van der Waals surface area (Å²) in [6.45, 7) is 6.83. The number of nitrogens with zero attached hydrogens (tertiary/aromatic N) is 3. The Kier molecular flexibility index (Phi) is 8.92. The Labute approximate surface area is 208 Å². The molecule has 1 aromatic heterocycles. The van der Waals surface area contributed by atoms with Crippen molar-refractivity contribution in [2.75, 3.05) is 28.2 Å². The quantitative estimate of drug-likeness (QED) is 0.283. The van der Waals surface area contributed by atoms with Gasteiger partial charge in [0.15, 0.2) is 4.34 Å². The first kappa shape index (κ1) is 26.0. The number of sulfonamides is 1. The average Bonchev–Trinajstić information content (AvgIpc) is 3.24. The molecule has 1 amide bonds. The van der Waals surface area contributed by atoms with Crippen LogP contribution in [0, 0.1) is 5.92 Å². The van der Waals surface area contributed by atoms with Gasteiger partial charge in [-0.15, -0.1) is 10.2 Å². The van der Waals surface area contributed by atoms with Crippen molar-refractivity contribution in [2.45, 2.75) is 31.7 Å². The molecule has 0 unspecified atom stereocenters. The zero-order valence-corrected chi connectivity index (χ0v) is 22.0. The van der Waals surface area contributed by atoms with Gasteiger partial charge >= 0.3 is 0 Å². The van der Waals surface area contributed by atoms with Gasteiger partial charge in [-0.1, -0.05) is 49.1 Å². The first-order valence-electron chi connectivity index (χ1n) is 10.7. The van der Waals surface area contributed by atoms with Gasteiger partial charge in [-0.3, -0.25) is 14.4 Å². The molecule has 3 aromatic rings. The number of nitrogens with one attached hydrogen (secondary N) is 1. The van der Waals surface area contributed by atoms with E-state index in [4.69, 9.17) is 4.74 Å². The molecule has 0 spiro atoms. The maximum Gasteiger partial charge on any atom is 0.257 e. The number of amides is 1. The van der Waals surface area contributed by atoms with Crippen molar-refractivity contribution in [2.24, 2.45) is 5.92 Å². The molecule has 0 saturated heterocycles. The van der Waals surface area contributed by atoms with Gasteiger partial charge in [-0.2, -0.15) is 0 Å². The highest BCUT2D eigenvalue weighted by Gasteiger charge is 2.18. The molecule has 11 heteroatoms. The normalized spacial score (nSPS) is 11.4. The number of ether oxygens (including phenoxy) is 1.